The van der Waals surface area contributed by atoms with E-state index in [1.807, 2.05) is 4.89 Å². The zero-order valence-corrected chi connectivity index (χ0v) is 8.42. The summed E-state index contributed by atoms with van der Waals surface area (Å²) in [6.07, 6.45) is 3.56. The van der Waals surface area contributed by atoms with Crippen molar-refractivity contribution < 1.29 is 23.2 Å². The van der Waals surface area contributed by atoms with Crippen LogP contribution in [-0.4, -0.2) is 31.4 Å². The maximum absolute atomic E-state index is 11.0. The third-order valence-corrected chi connectivity index (χ3v) is 2.93. The molecule has 0 spiro atoms. The van der Waals surface area contributed by atoms with E-state index in [0.717, 1.165) is 25.7 Å². The molecule has 1 aliphatic carbocycles. The zero-order chi connectivity index (χ0) is 10.6. The average molecular weight is 223 g/mol. The van der Waals surface area contributed by atoms with Gasteiger partial charge in [0.15, 0.2) is 5.75 Å². The Bertz CT molecular complexity index is 293. The molecule has 0 bridgehead atoms. The quantitative estimate of drug-likeness (QED) is 0.633. The van der Waals surface area contributed by atoms with Crippen LogP contribution in [0.5, 0.6) is 0 Å². The van der Waals surface area contributed by atoms with Crippen molar-refractivity contribution >= 4 is 16.0 Å². The summed E-state index contributed by atoms with van der Waals surface area (Å²) in [7, 11) is -3.84. The molecule has 0 atom stereocenters. The molecule has 0 heterocycles. The summed E-state index contributed by atoms with van der Waals surface area (Å²) in [4.78, 5) is 16.8. The zero-order valence-electron chi connectivity index (χ0n) is 7.60. The van der Waals surface area contributed by atoms with E-state index in [4.69, 9.17) is 9.94 Å². The summed E-state index contributed by atoms with van der Waals surface area (Å²) >= 11 is 0. The normalized spacial score (nSPS) is 18.6. The molecule has 0 saturated heterocycles. The molecule has 0 aromatic rings. The number of nitrogens with one attached hydrogen (secondary N) is 1. The molecule has 0 aliphatic heterocycles. The minimum atomic E-state index is -3.84. The Morgan fingerprint density at radius 1 is 1.43 bits per heavy atom. The van der Waals surface area contributed by atoms with E-state index in [9.17, 15) is 13.2 Å². The predicted molar refractivity (Wildman–Crippen MR) is 47.9 cm³/mol. The lowest BCUT2D eigenvalue weighted by Crippen LogP contribution is -2.32. The first-order chi connectivity index (χ1) is 6.49. The molecule has 0 aromatic heterocycles. The van der Waals surface area contributed by atoms with Gasteiger partial charge in [0.25, 0.3) is 0 Å². The van der Waals surface area contributed by atoms with Crippen LogP contribution in [0.2, 0.25) is 0 Å². The van der Waals surface area contributed by atoms with Crippen LogP contribution in [0, 0.1) is 0 Å². The van der Waals surface area contributed by atoms with Gasteiger partial charge in [-0.15, -0.1) is 0 Å². The summed E-state index contributed by atoms with van der Waals surface area (Å²) < 4.78 is 22.0. The number of aliphatic carboxylic acids is 1. The Labute approximate surface area is 82.3 Å². The molecule has 6 nitrogen and oxygen atoms in total. The second-order valence-electron chi connectivity index (χ2n) is 3.26. The van der Waals surface area contributed by atoms with Crippen LogP contribution in [0.25, 0.3) is 0 Å². The van der Waals surface area contributed by atoms with Gasteiger partial charge in [-0.2, -0.15) is 0 Å². The Hall–Kier alpha value is -0.660. The predicted octanol–water partition coefficient (Wildman–Crippen LogP) is -0.135. The molecular formula is C7H13NO5S. The molecule has 0 radical (unpaired) electrons. The molecule has 1 rings (SSSR count). The van der Waals surface area contributed by atoms with Gasteiger partial charge in [0, 0.05) is 0 Å². The van der Waals surface area contributed by atoms with Crippen LogP contribution < -0.4 is 4.89 Å². The number of carboxylic acid groups (broad SMARTS) is 1. The molecule has 1 aliphatic rings. The molecule has 1 fully saturated rings. The summed E-state index contributed by atoms with van der Waals surface area (Å²) in [5, 5.41) is 8.27. The van der Waals surface area contributed by atoms with Gasteiger partial charge in [-0.25, -0.2) is 8.42 Å². The number of hydrogen-bond donors (Lipinski definition) is 2. The Morgan fingerprint density at radius 3 is 2.50 bits per heavy atom. The molecule has 0 amide bonds. The van der Waals surface area contributed by atoms with Crippen LogP contribution in [0.15, 0.2) is 0 Å². The molecule has 2 N–H and O–H groups in total. The van der Waals surface area contributed by atoms with Gasteiger partial charge in [0.2, 0.25) is 10.0 Å². The third-order valence-electron chi connectivity index (χ3n) is 1.96. The van der Waals surface area contributed by atoms with E-state index in [-0.39, 0.29) is 6.10 Å². The van der Waals surface area contributed by atoms with Gasteiger partial charge in [-0.3, -0.25) is 9.63 Å². The molecule has 0 unspecified atom stereocenters. The SMILES string of the molecule is O=C(O)CS(=O)(=O)NOC1CCCC1. The highest BCUT2D eigenvalue weighted by molar-refractivity contribution is 7.90. The monoisotopic (exact) mass is 223 g/mol. The van der Waals surface area contributed by atoms with Gasteiger partial charge in [0.05, 0.1) is 6.10 Å². The molecule has 1 saturated carbocycles. The highest BCUT2D eigenvalue weighted by atomic mass is 32.2. The van der Waals surface area contributed by atoms with Crippen LogP contribution in [-0.2, 0) is 19.7 Å². The van der Waals surface area contributed by atoms with Crippen molar-refractivity contribution in [3.63, 3.8) is 0 Å². The second-order valence-corrected chi connectivity index (χ2v) is 4.95. The lowest BCUT2D eigenvalue weighted by molar-refractivity contribution is -0.134. The average Bonchev–Trinajstić information content (AvgIpc) is 2.50. The largest absolute Gasteiger partial charge is 0.480 e. The van der Waals surface area contributed by atoms with Crippen LogP contribution in [0.1, 0.15) is 25.7 Å². The first-order valence-corrected chi connectivity index (χ1v) is 6.02. The molecular weight excluding hydrogens is 210 g/mol. The minimum Gasteiger partial charge on any atom is -0.480 e. The van der Waals surface area contributed by atoms with Gasteiger partial charge in [-0.05, 0) is 12.8 Å². The summed E-state index contributed by atoms with van der Waals surface area (Å²) in [6.45, 7) is 0. The van der Waals surface area contributed by atoms with Gasteiger partial charge >= 0.3 is 5.97 Å². The van der Waals surface area contributed by atoms with E-state index in [1.54, 1.807) is 0 Å². The van der Waals surface area contributed by atoms with Crippen LogP contribution >= 0.6 is 0 Å². The van der Waals surface area contributed by atoms with Crippen LogP contribution in [0.4, 0.5) is 0 Å². The van der Waals surface area contributed by atoms with Gasteiger partial charge in [-0.1, -0.05) is 17.7 Å². The van der Waals surface area contributed by atoms with Gasteiger partial charge < -0.3 is 5.11 Å². The minimum absolute atomic E-state index is 0.112. The Balaban J connectivity index is 2.32. The number of carboxylic acids is 1. The first-order valence-electron chi connectivity index (χ1n) is 4.36. The maximum Gasteiger partial charge on any atom is 0.320 e. The van der Waals surface area contributed by atoms with Crippen LogP contribution in [0.3, 0.4) is 0 Å². The highest BCUT2D eigenvalue weighted by Gasteiger charge is 2.20. The van der Waals surface area contributed by atoms with E-state index < -0.39 is 21.7 Å². The molecule has 82 valence electrons. The smallest absolute Gasteiger partial charge is 0.320 e. The lowest BCUT2D eigenvalue weighted by atomic mass is 10.3. The van der Waals surface area contributed by atoms with Crippen molar-refractivity contribution in [2.75, 3.05) is 5.75 Å². The topological polar surface area (TPSA) is 92.7 Å². The van der Waals surface area contributed by atoms with Crippen molar-refractivity contribution in [1.29, 1.82) is 0 Å². The first kappa shape index (κ1) is 11.4. The maximum atomic E-state index is 11.0. The van der Waals surface area contributed by atoms with E-state index >= 15 is 0 Å². The number of sulfonamides is 1. The Morgan fingerprint density at radius 2 is 2.00 bits per heavy atom. The fourth-order valence-electron chi connectivity index (χ4n) is 1.34. The lowest BCUT2D eigenvalue weighted by Gasteiger charge is -2.10. The van der Waals surface area contributed by atoms with Crippen molar-refractivity contribution in [2.24, 2.45) is 0 Å². The van der Waals surface area contributed by atoms with Crippen molar-refractivity contribution in [3.05, 3.63) is 0 Å². The summed E-state index contributed by atoms with van der Waals surface area (Å²) in [6, 6.07) is 0. The van der Waals surface area contributed by atoms with Crippen molar-refractivity contribution in [1.82, 2.24) is 4.89 Å². The van der Waals surface area contributed by atoms with E-state index in [1.165, 1.54) is 0 Å². The molecule has 0 aromatic carbocycles. The van der Waals surface area contributed by atoms with Gasteiger partial charge in [0.1, 0.15) is 0 Å². The standard InChI is InChI=1S/C7H13NO5S/c9-7(10)5-14(11,12)8-13-6-3-1-2-4-6/h6,8H,1-5H2,(H,9,10). The fraction of sp³-hybridized carbons (Fsp3) is 0.857. The van der Waals surface area contributed by atoms with Crippen molar-refractivity contribution in [3.8, 4) is 0 Å². The number of hydrogen-bond acceptors (Lipinski definition) is 4. The molecule has 14 heavy (non-hydrogen) atoms. The molecule has 7 heteroatoms. The van der Waals surface area contributed by atoms with E-state index in [0.29, 0.717) is 0 Å². The summed E-state index contributed by atoms with van der Waals surface area (Å²) in [5.41, 5.74) is 0. The summed E-state index contributed by atoms with van der Waals surface area (Å²) in [5.74, 6) is -2.35. The number of rotatable bonds is 5. The fourth-order valence-corrected chi connectivity index (χ4v) is 2.01. The number of carbonyl (C=O) groups is 1. The van der Waals surface area contributed by atoms with E-state index in [2.05, 4.69) is 0 Å². The Kier molecular flexibility index (Phi) is 3.85. The second kappa shape index (κ2) is 4.72. The third kappa shape index (κ3) is 4.03. The highest BCUT2D eigenvalue weighted by Crippen LogP contribution is 2.19. The van der Waals surface area contributed by atoms with Crippen molar-refractivity contribution in [2.45, 2.75) is 31.8 Å².